The molecule has 1 heterocycles. The Morgan fingerprint density at radius 2 is 1.79 bits per heavy atom. The van der Waals surface area contributed by atoms with Crippen molar-refractivity contribution in [3.8, 4) is 11.1 Å². The van der Waals surface area contributed by atoms with Crippen molar-refractivity contribution in [3.05, 3.63) is 66.1 Å². The van der Waals surface area contributed by atoms with Crippen molar-refractivity contribution < 1.29 is 4.39 Å². The number of nitrogens with two attached hydrogens (primary N) is 1. The molecular formula is C16H13FN2. The first kappa shape index (κ1) is 11.8. The van der Waals surface area contributed by atoms with Crippen LogP contribution >= 0.6 is 0 Å². The molecule has 0 saturated carbocycles. The van der Waals surface area contributed by atoms with E-state index in [2.05, 4.69) is 4.98 Å². The van der Waals surface area contributed by atoms with Crippen molar-refractivity contribution in [2.75, 3.05) is 0 Å². The van der Waals surface area contributed by atoms with Crippen molar-refractivity contribution in [3.63, 3.8) is 0 Å². The fraction of sp³-hybridized carbons (Fsp3) is 0.0625. The van der Waals surface area contributed by atoms with Crippen LogP contribution in [0.25, 0.3) is 22.0 Å². The van der Waals surface area contributed by atoms with E-state index in [1.165, 1.54) is 6.07 Å². The molecule has 0 radical (unpaired) electrons. The average molecular weight is 252 g/mol. The normalized spacial score (nSPS) is 10.8. The van der Waals surface area contributed by atoms with Crippen molar-refractivity contribution >= 4 is 10.9 Å². The first-order valence-electron chi connectivity index (χ1n) is 6.11. The third-order valence-electron chi connectivity index (χ3n) is 3.21. The zero-order valence-corrected chi connectivity index (χ0v) is 10.3. The lowest BCUT2D eigenvalue weighted by atomic mass is 10.0. The van der Waals surface area contributed by atoms with Gasteiger partial charge in [0, 0.05) is 23.7 Å². The maximum Gasteiger partial charge on any atom is 0.128 e. The van der Waals surface area contributed by atoms with Crippen LogP contribution in [0.5, 0.6) is 0 Å². The number of aromatic nitrogens is 1. The third-order valence-corrected chi connectivity index (χ3v) is 3.21. The summed E-state index contributed by atoms with van der Waals surface area (Å²) in [7, 11) is 0. The number of rotatable bonds is 2. The minimum absolute atomic E-state index is 0.214. The molecule has 0 aliphatic rings. The van der Waals surface area contributed by atoms with Crippen molar-refractivity contribution in [1.29, 1.82) is 0 Å². The van der Waals surface area contributed by atoms with Crippen LogP contribution < -0.4 is 5.73 Å². The van der Waals surface area contributed by atoms with Crippen LogP contribution in [-0.4, -0.2) is 4.98 Å². The molecule has 0 atom stereocenters. The largest absolute Gasteiger partial charge is 0.326 e. The van der Waals surface area contributed by atoms with Crippen molar-refractivity contribution in [1.82, 2.24) is 4.98 Å². The quantitative estimate of drug-likeness (QED) is 0.758. The molecule has 0 aliphatic carbocycles. The lowest BCUT2D eigenvalue weighted by Crippen LogP contribution is -1.99. The van der Waals surface area contributed by atoms with E-state index in [0.717, 1.165) is 22.0 Å². The smallest absolute Gasteiger partial charge is 0.128 e. The van der Waals surface area contributed by atoms with Crippen LogP contribution in [0, 0.1) is 5.82 Å². The summed E-state index contributed by atoms with van der Waals surface area (Å²) >= 11 is 0. The van der Waals surface area contributed by atoms with E-state index < -0.39 is 0 Å². The fourth-order valence-electron chi connectivity index (χ4n) is 2.14. The van der Waals surface area contributed by atoms with Gasteiger partial charge in [-0.25, -0.2) is 4.39 Å². The van der Waals surface area contributed by atoms with Gasteiger partial charge in [-0.1, -0.05) is 30.3 Å². The molecule has 2 N–H and O–H groups in total. The van der Waals surface area contributed by atoms with Crippen LogP contribution in [0.3, 0.4) is 0 Å². The Balaban J connectivity index is 2.11. The van der Waals surface area contributed by atoms with Gasteiger partial charge in [-0.15, -0.1) is 0 Å². The Morgan fingerprint density at radius 3 is 2.58 bits per heavy atom. The Bertz CT molecular complexity index is 738. The minimum Gasteiger partial charge on any atom is -0.326 e. The van der Waals surface area contributed by atoms with E-state index in [1.54, 1.807) is 12.3 Å². The Morgan fingerprint density at radius 1 is 1.00 bits per heavy atom. The molecule has 3 aromatic rings. The molecule has 0 unspecified atom stereocenters. The molecule has 94 valence electrons. The second kappa shape index (κ2) is 4.78. The van der Waals surface area contributed by atoms with Gasteiger partial charge in [0.25, 0.3) is 0 Å². The van der Waals surface area contributed by atoms with E-state index in [-0.39, 0.29) is 12.4 Å². The number of hydrogen-bond acceptors (Lipinski definition) is 2. The highest BCUT2D eigenvalue weighted by Crippen LogP contribution is 2.25. The standard InChI is InChI=1S/C16H13FN2/c17-15-8-12(5-6-14(15)10-18)13-4-3-11-2-1-7-19-16(11)9-13/h1-9H,10,18H2. The van der Waals surface area contributed by atoms with Gasteiger partial charge in [0.1, 0.15) is 5.82 Å². The van der Waals surface area contributed by atoms with Crippen LogP contribution in [-0.2, 0) is 6.54 Å². The second-order valence-electron chi connectivity index (χ2n) is 4.42. The summed E-state index contributed by atoms with van der Waals surface area (Å²) in [5, 5.41) is 1.07. The SMILES string of the molecule is NCc1ccc(-c2ccc3cccnc3c2)cc1F. The molecule has 2 aromatic carbocycles. The first-order valence-corrected chi connectivity index (χ1v) is 6.11. The summed E-state index contributed by atoms with van der Waals surface area (Å²) in [6.45, 7) is 0.214. The van der Waals surface area contributed by atoms with Gasteiger partial charge in [0.05, 0.1) is 5.52 Å². The topological polar surface area (TPSA) is 38.9 Å². The van der Waals surface area contributed by atoms with E-state index in [9.17, 15) is 4.39 Å². The van der Waals surface area contributed by atoms with Gasteiger partial charge < -0.3 is 5.73 Å². The molecule has 0 amide bonds. The van der Waals surface area contributed by atoms with Crippen molar-refractivity contribution in [2.45, 2.75) is 6.54 Å². The van der Waals surface area contributed by atoms with E-state index in [4.69, 9.17) is 5.73 Å². The molecule has 19 heavy (non-hydrogen) atoms. The summed E-state index contributed by atoms with van der Waals surface area (Å²) in [6.07, 6.45) is 1.75. The van der Waals surface area contributed by atoms with Gasteiger partial charge >= 0.3 is 0 Å². The maximum absolute atomic E-state index is 13.8. The average Bonchev–Trinajstić information content (AvgIpc) is 2.46. The van der Waals surface area contributed by atoms with Gasteiger partial charge in [-0.2, -0.15) is 0 Å². The lowest BCUT2D eigenvalue weighted by Gasteiger charge is -2.06. The van der Waals surface area contributed by atoms with Gasteiger partial charge in [0.2, 0.25) is 0 Å². The molecule has 0 aliphatic heterocycles. The van der Waals surface area contributed by atoms with Crippen LogP contribution in [0.1, 0.15) is 5.56 Å². The molecule has 3 heteroatoms. The zero-order valence-electron chi connectivity index (χ0n) is 10.3. The van der Waals surface area contributed by atoms with E-state index in [0.29, 0.717) is 5.56 Å². The molecule has 0 spiro atoms. The van der Waals surface area contributed by atoms with Crippen LogP contribution in [0.2, 0.25) is 0 Å². The molecule has 0 saturated heterocycles. The first-order chi connectivity index (χ1) is 9.28. The Kier molecular flexibility index (Phi) is 2.97. The lowest BCUT2D eigenvalue weighted by molar-refractivity contribution is 0.611. The van der Waals surface area contributed by atoms with Gasteiger partial charge in [-0.3, -0.25) is 4.98 Å². The number of benzene rings is 2. The highest BCUT2D eigenvalue weighted by atomic mass is 19.1. The summed E-state index contributed by atoms with van der Waals surface area (Å²) in [4.78, 5) is 4.31. The molecule has 0 fully saturated rings. The minimum atomic E-state index is -0.263. The maximum atomic E-state index is 13.8. The predicted molar refractivity (Wildman–Crippen MR) is 75.0 cm³/mol. The Hall–Kier alpha value is -2.26. The van der Waals surface area contributed by atoms with E-state index in [1.807, 2.05) is 36.4 Å². The van der Waals surface area contributed by atoms with Gasteiger partial charge in [-0.05, 0) is 29.3 Å². The highest BCUT2D eigenvalue weighted by Gasteiger charge is 2.05. The Labute approximate surface area is 110 Å². The summed E-state index contributed by atoms with van der Waals surface area (Å²) < 4.78 is 13.8. The third kappa shape index (κ3) is 2.20. The zero-order chi connectivity index (χ0) is 13.2. The molecule has 1 aromatic heterocycles. The van der Waals surface area contributed by atoms with E-state index >= 15 is 0 Å². The molecule has 2 nitrogen and oxygen atoms in total. The summed E-state index contributed by atoms with van der Waals surface area (Å²) in [5.41, 5.74) is 8.69. The van der Waals surface area contributed by atoms with Gasteiger partial charge in [0.15, 0.2) is 0 Å². The van der Waals surface area contributed by atoms with Crippen LogP contribution in [0.15, 0.2) is 54.7 Å². The molecular weight excluding hydrogens is 239 g/mol. The summed E-state index contributed by atoms with van der Waals surface area (Å²) in [5.74, 6) is -0.263. The molecule has 3 rings (SSSR count). The highest BCUT2D eigenvalue weighted by molar-refractivity contribution is 5.84. The monoisotopic (exact) mass is 252 g/mol. The number of nitrogens with zero attached hydrogens (tertiary/aromatic N) is 1. The van der Waals surface area contributed by atoms with Crippen LogP contribution in [0.4, 0.5) is 4.39 Å². The van der Waals surface area contributed by atoms with Crippen molar-refractivity contribution in [2.24, 2.45) is 5.73 Å². The molecule has 0 bridgehead atoms. The number of fused-ring (bicyclic) bond motifs is 1. The number of halogens is 1. The number of hydrogen-bond donors (Lipinski definition) is 1. The second-order valence-corrected chi connectivity index (χ2v) is 4.42. The summed E-state index contributed by atoms with van der Waals surface area (Å²) in [6, 6.07) is 15.0. The predicted octanol–water partition coefficient (Wildman–Crippen LogP) is 3.50. The number of pyridine rings is 1. The fourth-order valence-corrected chi connectivity index (χ4v) is 2.14.